The zero-order valence-corrected chi connectivity index (χ0v) is 13.3. The number of halogens is 1. The van der Waals surface area contributed by atoms with E-state index in [0.29, 0.717) is 6.61 Å². The monoisotopic (exact) mass is 299 g/mol. The van der Waals surface area contributed by atoms with E-state index in [2.05, 4.69) is 24.8 Å². The fourth-order valence-corrected chi connectivity index (χ4v) is 2.49. The van der Waals surface area contributed by atoms with Gasteiger partial charge in [-0.2, -0.15) is 0 Å². The Bertz CT molecular complexity index is 405. The molecule has 1 heterocycles. The fourth-order valence-electron chi connectivity index (χ4n) is 2.49. The van der Waals surface area contributed by atoms with E-state index in [0.717, 1.165) is 25.4 Å². The van der Waals surface area contributed by atoms with E-state index in [4.69, 9.17) is 4.74 Å². The van der Waals surface area contributed by atoms with Crippen LogP contribution in [-0.4, -0.2) is 42.4 Å². The smallest absolute Gasteiger partial charge is 0.119 e. The van der Waals surface area contributed by atoms with Crippen LogP contribution in [0.15, 0.2) is 18.2 Å². The summed E-state index contributed by atoms with van der Waals surface area (Å²) in [4.78, 5) is 2.33. The van der Waals surface area contributed by atoms with Gasteiger partial charge in [-0.25, -0.2) is 0 Å². The molecule has 0 saturated carbocycles. The number of nitrogens with zero attached hydrogens (tertiary/aromatic N) is 1. The van der Waals surface area contributed by atoms with Crippen LogP contribution in [0.1, 0.15) is 30.4 Å². The molecule has 20 heavy (non-hydrogen) atoms. The third-order valence-corrected chi connectivity index (χ3v) is 3.84. The minimum Gasteiger partial charge on any atom is -0.491 e. The summed E-state index contributed by atoms with van der Waals surface area (Å²) in [6.07, 6.45) is 3.43. The predicted molar refractivity (Wildman–Crippen MR) is 85.0 cm³/mol. The maximum atomic E-state index is 10.0. The van der Waals surface area contributed by atoms with Crippen molar-refractivity contribution in [3.8, 4) is 5.75 Å². The molecule has 2 rings (SSSR count). The minimum absolute atomic E-state index is 0. The molecule has 0 aliphatic carbocycles. The number of benzene rings is 1. The molecule has 0 unspecified atom stereocenters. The van der Waals surface area contributed by atoms with Crippen molar-refractivity contribution in [1.29, 1.82) is 0 Å². The second kappa shape index (κ2) is 8.50. The molecule has 1 aromatic carbocycles. The van der Waals surface area contributed by atoms with Crippen LogP contribution in [0.2, 0.25) is 0 Å². The Labute approximate surface area is 128 Å². The molecule has 1 aliphatic rings. The van der Waals surface area contributed by atoms with Crippen LogP contribution in [0.3, 0.4) is 0 Å². The van der Waals surface area contributed by atoms with Crippen molar-refractivity contribution in [2.24, 2.45) is 0 Å². The van der Waals surface area contributed by atoms with E-state index in [-0.39, 0.29) is 12.4 Å². The van der Waals surface area contributed by atoms with Gasteiger partial charge in [-0.05, 0) is 63.0 Å². The molecular weight excluding hydrogens is 274 g/mol. The van der Waals surface area contributed by atoms with Crippen LogP contribution in [-0.2, 0) is 0 Å². The van der Waals surface area contributed by atoms with Crippen LogP contribution >= 0.6 is 12.4 Å². The van der Waals surface area contributed by atoms with Crippen molar-refractivity contribution in [2.75, 3.05) is 26.2 Å². The summed E-state index contributed by atoms with van der Waals surface area (Å²) in [5.74, 6) is 0.848. The molecule has 0 spiro atoms. The topological polar surface area (TPSA) is 32.7 Å². The molecule has 3 nitrogen and oxygen atoms in total. The molecule has 0 bridgehead atoms. The maximum absolute atomic E-state index is 10.0. The Hall–Kier alpha value is -0.770. The Balaban J connectivity index is 0.00000200. The number of ether oxygens (including phenoxy) is 1. The lowest BCUT2D eigenvalue weighted by Crippen LogP contribution is -2.38. The molecular formula is C16H26ClNO2. The summed E-state index contributed by atoms with van der Waals surface area (Å²) in [6, 6.07) is 6.06. The highest BCUT2D eigenvalue weighted by atomic mass is 35.5. The number of aliphatic hydroxyl groups excluding tert-OH is 1. The SMILES string of the molecule is Cc1ccc(OC[C@@H](O)CN2CCCCC2)cc1C.Cl. The van der Waals surface area contributed by atoms with E-state index in [1.54, 1.807) is 0 Å². The van der Waals surface area contributed by atoms with Crippen LogP contribution in [0.5, 0.6) is 5.75 Å². The number of rotatable bonds is 5. The summed E-state index contributed by atoms with van der Waals surface area (Å²) >= 11 is 0. The van der Waals surface area contributed by atoms with E-state index in [1.165, 1.54) is 30.4 Å². The van der Waals surface area contributed by atoms with Crippen molar-refractivity contribution in [2.45, 2.75) is 39.2 Å². The Morgan fingerprint density at radius 3 is 2.50 bits per heavy atom. The van der Waals surface area contributed by atoms with Gasteiger partial charge >= 0.3 is 0 Å². The molecule has 1 aliphatic heterocycles. The highest BCUT2D eigenvalue weighted by Crippen LogP contribution is 2.17. The summed E-state index contributed by atoms with van der Waals surface area (Å²) in [6.45, 7) is 7.49. The highest BCUT2D eigenvalue weighted by Gasteiger charge is 2.15. The average Bonchev–Trinajstić information content (AvgIpc) is 2.41. The molecule has 1 atom stereocenters. The molecule has 0 amide bonds. The van der Waals surface area contributed by atoms with E-state index in [9.17, 15) is 5.11 Å². The van der Waals surface area contributed by atoms with Crippen molar-refractivity contribution in [3.63, 3.8) is 0 Å². The van der Waals surface area contributed by atoms with Crippen molar-refractivity contribution >= 4 is 12.4 Å². The summed E-state index contributed by atoms with van der Waals surface area (Å²) in [7, 11) is 0. The number of piperidine rings is 1. The van der Waals surface area contributed by atoms with Gasteiger partial charge in [-0.3, -0.25) is 0 Å². The maximum Gasteiger partial charge on any atom is 0.119 e. The van der Waals surface area contributed by atoms with Gasteiger partial charge < -0.3 is 14.7 Å². The van der Waals surface area contributed by atoms with Crippen molar-refractivity contribution < 1.29 is 9.84 Å². The third kappa shape index (κ3) is 5.31. The molecule has 0 radical (unpaired) electrons. The normalized spacial score (nSPS) is 17.4. The van der Waals surface area contributed by atoms with Gasteiger partial charge in [-0.15, -0.1) is 12.4 Å². The second-order valence-corrected chi connectivity index (χ2v) is 5.57. The number of likely N-dealkylation sites (tertiary alicyclic amines) is 1. The standard InChI is InChI=1S/C16H25NO2.ClH/c1-13-6-7-16(10-14(13)2)19-12-15(18)11-17-8-4-3-5-9-17;/h6-7,10,15,18H,3-5,8-9,11-12H2,1-2H3;1H/t15-;/m0./s1. The highest BCUT2D eigenvalue weighted by molar-refractivity contribution is 5.85. The lowest BCUT2D eigenvalue weighted by atomic mass is 10.1. The Morgan fingerprint density at radius 1 is 1.15 bits per heavy atom. The molecule has 114 valence electrons. The van der Waals surface area contributed by atoms with Crippen molar-refractivity contribution in [3.05, 3.63) is 29.3 Å². The lowest BCUT2D eigenvalue weighted by molar-refractivity contribution is 0.0617. The number of hydrogen-bond donors (Lipinski definition) is 1. The van der Waals surface area contributed by atoms with Crippen LogP contribution in [0.4, 0.5) is 0 Å². The zero-order valence-electron chi connectivity index (χ0n) is 12.5. The molecule has 1 aromatic rings. The van der Waals surface area contributed by atoms with Crippen molar-refractivity contribution in [1.82, 2.24) is 4.90 Å². The Morgan fingerprint density at radius 2 is 1.85 bits per heavy atom. The van der Waals surface area contributed by atoms with E-state index in [1.807, 2.05) is 12.1 Å². The van der Waals surface area contributed by atoms with Crippen LogP contribution in [0.25, 0.3) is 0 Å². The average molecular weight is 300 g/mol. The fraction of sp³-hybridized carbons (Fsp3) is 0.625. The van der Waals surface area contributed by atoms with Crippen LogP contribution < -0.4 is 4.74 Å². The minimum atomic E-state index is -0.403. The first-order valence-corrected chi connectivity index (χ1v) is 7.25. The number of β-amino-alcohol motifs (C(OH)–C–C–N with tert-alkyl or cyclic N) is 1. The van der Waals surface area contributed by atoms with Gasteiger partial charge in [0.25, 0.3) is 0 Å². The number of aryl methyl sites for hydroxylation is 2. The molecule has 1 saturated heterocycles. The van der Waals surface area contributed by atoms with Gasteiger partial charge in [0.15, 0.2) is 0 Å². The molecule has 0 aromatic heterocycles. The summed E-state index contributed by atoms with van der Waals surface area (Å²) in [5, 5.41) is 10.0. The molecule has 1 N–H and O–H groups in total. The molecule has 4 heteroatoms. The first kappa shape index (κ1) is 17.3. The zero-order chi connectivity index (χ0) is 13.7. The largest absolute Gasteiger partial charge is 0.491 e. The van der Waals surface area contributed by atoms with E-state index >= 15 is 0 Å². The molecule has 1 fully saturated rings. The second-order valence-electron chi connectivity index (χ2n) is 5.57. The van der Waals surface area contributed by atoms with Gasteiger partial charge in [0, 0.05) is 6.54 Å². The quantitative estimate of drug-likeness (QED) is 0.907. The number of aliphatic hydroxyl groups is 1. The van der Waals surface area contributed by atoms with Crippen LogP contribution in [0, 0.1) is 13.8 Å². The first-order chi connectivity index (χ1) is 9.15. The van der Waals surface area contributed by atoms with Gasteiger partial charge in [0.05, 0.1) is 0 Å². The van der Waals surface area contributed by atoms with E-state index < -0.39 is 6.10 Å². The first-order valence-electron chi connectivity index (χ1n) is 7.25. The lowest BCUT2D eigenvalue weighted by Gasteiger charge is -2.28. The number of hydrogen-bond acceptors (Lipinski definition) is 3. The van der Waals surface area contributed by atoms with Gasteiger partial charge in [-0.1, -0.05) is 12.5 Å². The van der Waals surface area contributed by atoms with Gasteiger partial charge in [0.1, 0.15) is 18.5 Å². The predicted octanol–water partition coefficient (Wildman–Crippen LogP) is 2.95. The summed E-state index contributed by atoms with van der Waals surface area (Å²) < 4.78 is 5.67. The van der Waals surface area contributed by atoms with Gasteiger partial charge in [0.2, 0.25) is 0 Å². The third-order valence-electron chi connectivity index (χ3n) is 3.84. The summed E-state index contributed by atoms with van der Waals surface area (Å²) in [5.41, 5.74) is 2.49. The Kier molecular flexibility index (Phi) is 7.35.